The van der Waals surface area contributed by atoms with Crippen molar-refractivity contribution in [2.45, 2.75) is 6.42 Å². The van der Waals surface area contributed by atoms with Gasteiger partial charge in [0.1, 0.15) is 5.82 Å². The summed E-state index contributed by atoms with van der Waals surface area (Å²) in [6, 6.07) is 1.25. The number of benzene rings is 1. The predicted molar refractivity (Wildman–Crippen MR) is 35.0 cm³/mol. The van der Waals surface area contributed by atoms with Gasteiger partial charge in [-0.15, -0.1) is 0 Å². The molecular formula is C8H4F3O2-. The number of halogens is 3. The Morgan fingerprint density at radius 3 is 2.31 bits per heavy atom. The van der Waals surface area contributed by atoms with Crippen molar-refractivity contribution in [3.8, 4) is 0 Å². The van der Waals surface area contributed by atoms with Crippen LogP contribution >= 0.6 is 0 Å². The van der Waals surface area contributed by atoms with Gasteiger partial charge in [-0.2, -0.15) is 0 Å². The molecule has 0 amide bonds. The van der Waals surface area contributed by atoms with Gasteiger partial charge < -0.3 is 9.90 Å². The maximum absolute atomic E-state index is 12.7. The van der Waals surface area contributed by atoms with Gasteiger partial charge in [0.15, 0.2) is 11.6 Å². The Morgan fingerprint density at radius 2 is 1.77 bits per heavy atom. The Balaban J connectivity index is 3.17. The van der Waals surface area contributed by atoms with Crippen molar-refractivity contribution in [1.29, 1.82) is 0 Å². The van der Waals surface area contributed by atoms with E-state index in [0.717, 1.165) is 0 Å². The summed E-state index contributed by atoms with van der Waals surface area (Å²) in [5.74, 6) is -5.52. The van der Waals surface area contributed by atoms with Gasteiger partial charge in [0, 0.05) is 18.0 Å². The highest BCUT2D eigenvalue weighted by Crippen LogP contribution is 2.15. The molecule has 0 spiro atoms. The second-order valence-electron chi connectivity index (χ2n) is 2.37. The van der Waals surface area contributed by atoms with E-state index in [2.05, 4.69) is 0 Å². The van der Waals surface area contributed by atoms with E-state index in [4.69, 9.17) is 0 Å². The lowest BCUT2D eigenvalue weighted by molar-refractivity contribution is -0.304. The van der Waals surface area contributed by atoms with Crippen LogP contribution in [0.5, 0.6) is 0 Å². The fourth-order valence-corrected chi connectivity index (χ4v) is 0.875. The lowest BCUT2D eigenvalue weighted by Gasteiger charge is -2.05. The van der Waals surface area contributed by atoms with Crippen LogP contribution in [-0.4, -0.2) is 5.97 Å². The minimum absolute atomic E-state index is 0.587. The highest BCUT2D eigenvalue weighted by atomic mass is 19.2. The zero-order chi connectivity index (χ0) is 10.0. The number of hydrogen-bond donors (Lipinski definition) is 0. The van der Waals surface area contributed by atoms with Crippen molar-refractivity contribution in [2.75, 3.05) is 0 Å². The number of carboxylic acids is 1. The summed E-state index contributed by atoms with van der Waals surface area (Å²) in [6.07, 6.45) is -0.977. The zero-order valence-electron chi connectivity index (χ0n) is 6.31. The second kappa shape index (κ2) is 3.47. The third kappa shape index (κ3) is 1.99. The lowest BCUT2D eigenvalue weighted by atomic mass is 10.1. The second-order valence-corrected chi connectivity index (χ2v) is 2.37. The standard InChI is InChI=1S/C8H5F3O2/c9-5-1-2-6(10)8(11)4(5)3-7(12)13/h1-2H,3H2,(H,12,13)/p-1. The molecule has 1 aromatic rings. The molecule has 1 aromatic carbocycles. The van der Waals surface area contributed by atoms with Crippen LogP contribution in [0.4, 0.5) is 13.2 Å². The SMILES string of the molecule is O=C([O-])Cc1c(F)ccc(F)c1F. The number of carbonyl (C=O) groups excluding carboxylic acids is 1. The number of hydrogen-bond acceptors (Lipinski definition) is 2. The summed E-state index contributed by atoms with van der Waals surface area (Å²) in [6.45, 7) is 0. The molecule has 0 saturated heterocycles. The maximum atomic E-state index is 12.7. The predicted octanol–water partition coefficient (Wildman–Crippen LogP) is 0.396. The van der Waals surface area contributed by atoms with Gasteiger partial charge in [0.05, 0.1) is 0 Å². The molecule has 5 heteroatoms. The molecule has 0 bridgehead atoms. The van der Waals surface area contributed by atoms with Gasteiger partial charge in [-0.05, 0) is 12.1 Å². The van der Waals surface area contributed by atoms with Crippen LogP contribution in [-0.2, 0) is 11.2 Å². The van der Waals surface area contributed by atoms with Crippen molar-refractivity contribution >= 4 is 5.97 Å². The molecule has 0 atom stereocenters. The largest absolute Gasteiger partial charge is 0.550 e. The van der Waals surface area contributed by atoms with Gasteiger partial charge in [0.25, 0.3) is 0 Å². The third-order valence-electron chi connectivity index (χ3n) is 1.46. The molecule has 0 saturated carbocycles. The molecule has 0 N–H and O–H groups in total. The molecule has 0 aliphatic heterocycles. The Kier molecular flexibility index (Phi) is 2.55. The van der Waals surface area contributed by atoms with E-state index in [1.807, 2.05) is 0 Å². The smallest absolute Gasteiger partial charge is 0.165 e. The first-order valence-electron chi connectivity index (χ1n) is 3.34. The zero-order valence-corrected chi connectivity index (χ0v) is 6.31. The highest BCUT2D eigenvalue weighted by molar-refractivity contribution is 5.68. The summed E-state index contributed by atoms with van der Waals surface area (Å²) in [5.41, 5.74) is -0.819. The first-order chi connectivity index (χ1) is 6.02. The Hall–Kier alpha value is -1.52. The van der Waals surface area contributed by atoms with Gasteiger partial charge in [-0.1, -0.05) is 0 Å². The van der Waals surface area contributed by atoms with Crippen molar-refractivity contribution in [3.05, 3.63) is 35.1 Å². The molecule has 13 heavy (non-hydrogen) atoms. The summed E-state index contributed by atoms with van der Waals surface area (Å²) >= 11 is 0. The van der Waals surface area contributed by atoms with Crippen LogP contribution < -0.4 is 5.11 Å². The fourth-order valence-electron chi connectivity index (χ4n) is 0.875. The quantitative estimate of drug-likeness (QED) is 0.631. The fraction of sp³-hybridized carbons (Fsp3) is 0.125. The van der Waals surface area contributed by atoms with Gasteiger partial charge in [-0.3, -0.25) is 0 Å². The Labute approximate surface area is 71.6 Å². The van der Waals surface area contributed by atoms with Crippen molar-refractivity contribution in [3.63, 3.8) is 0 Å². The monoisotopic (exact) mass is 189 g/mol. The molecule has 0 unspecified atom stereocenters. The van der Waals surface area contributed by atoms with E-state index in [-0.39, 0.29) is 0 Å². The minimum atomic E-state index is -1.66. The van der Waals surface area contributed by atoms with E-state index in [1.165, 1.54) is 0 Å². The van der Waals surface area contributed by atoms with E-state index in [1.54, 1.807) is 0 Å². The first kappa shape index (κ1) is 9.57. The van der Waals surface area contributed by atoms with Gasteiger partial charge in [-0.25, -0.2) is 13.2 Å². The average molecular weight is 189 g/mol. The van der Waals surface area contributed by atoms with Gasteiger partial charge in [0.2, 0.25) is 0 Å². The molecule has 0 aromatic heterocycles. The molecular weight excluding hydrogens is 185 g/mol. The molecule has 0 aliphatic carbocycles. The summed E-state index contributed by atoms with van der Waals surface area (Å²) < 4.78 is 37.9. The highest BCUT2D eigenvalue weighted by Gasteiger charge is 2.13. The summed E-state index contributed by atoms with van der Waals surface area (Å²) in [7, 11) is 0. The topological polar surface area (TPSA) is 40.1 Å². The number of carboxylic acid groups (broad SMARTS) is 1. The van der Waals surface area contributed by atoms with E-state index in [9.17, 15) is 23.1 Å². The maximum Gasteiger partial charge on any atom is 0.165 e. The van der Waals surface area contributed by atoms with Crippen molar-refractivity contribution in [2.24, 2.45) is 0 Å². The van der Waals surface area contributed by atoms with Crippen LogP contribution in [0.1, 0.15) is 5.56 Å². The first-order valence-corrected chi connectivity index (χ1v) is 3.34. The van der Waals surface area contributed by atoms with Crippen LogP contribution in [0, 0.1) is 17.5 Å². The van der Waals surface area contributed by atoms with Crippen LogP contribution in [0.15, 0.2) is 12.1 Å². The molecule has 2 nitrogen and oxygen atoms in total. The van der Waals surface area contributed by atoms with E-state index in [0.29, 0.717) is 12.1 Å². The molecule has 0 fully saturated rings. The molecule has 70 valence electrons. The lowest BCUT2D eigenvalue weighted by Crippen LogP contribution is -2.25. The van der Waals surface area contributed by atoms with Crippen LogP contribution in [0.25, 0.3) is 0 Å². The molecule has 0 aliphatic rings. The molecule has 1 rings (SSSR count). The summed E-state index contributed by atoms with van der Waals surface area (Å²) in [4.78, 5) is 10.0. The van der Waals surface area contributed by atoms with E-state index >= 15 is 0 Å². The van der Waals surface area contributed by atoms with Crippen molar-refractivity contribution in [1.82, 2.24) is 0 Å². The van der Waals surface area contributed by atoms with Crippen molar-refractivity contribution < 1.29 is 23.1 Å². The number of aliphatic carboxylic acids is 1. The number of rotatable bonds is 2. The normalized spacial score (nSPS) is 10.1. The van der Waals surface area contributed by atoms with Gasteiger partial charge >= 0.3 is 0 Å². The number of carbonyl (C=O) groups is 1. The Bertz CT molecular complexity index is 349. The van der Waals surface area contributed by atoms with E-state index < -0.39 is 35.4 Å². The molecule has 0 radical (unpaired) electrons. The third-order valence-corrected chi connectivity index (χ3v) is 1.46. The van der Waals surface area contributed by atoms with Crippen LogP contribution in [0.2, 0.25) is 0 Å². The Morgan fingerprint density at radius 1 is 1.23 bits per heavy atom. The average Bonchev–Trinajstić information content (AvgIpc) is 2.05. The minimum Gasteiger partial charge on any atom is -0.550 e. The van der Waals surface area contributed by atoms with Crippen LogP contribution in [0.3, 0.4) is 0 Å². The molecule has 0 heterocycles. The summed E-state index contributed by atoms with van der Waals surface area (Å²) in [5, 5.41) is 10.0.